The van der Waals surface area contributed by atoms with Gasteiger partial charge in [-0.2, -0.15) is 0 Å². The van der Waals surface area contributed by atoms with Gasteiger partial charge in [-0.1, -0.05) is 19.3 Å². The molecular formula is C16H30ClNS. The van der Waals surface area contributed by atoms with Gasteiger partial charge in [0.25, 0.3) is 0 Å². The molecule has 0 aliphatic heterocycles. The van der Waals surface area contributed by atoms with Crippen molar-refractivity contribution in [3.63, 3.8) is 0 Å². The first-order chi connectivity index (χ1) is 9.08. The molecule has 2 fully saturated rings. The SMILES string of the molecule is CN(C)C1CCC(C(C)(SCl)C2CCCCC2)CC1. The summed E-state index contributed by atoms with van der Waals surface area (Å²) in [6.45, 7) is 2.46. The first-order valence-electron chi connectivity index (χ1n) is 8.04. The van der Waals surface area contributed by atoms with Crippen LogP contribution in [0.3, 0.4) is 0 Å². The molecule has 1 nitrogen and oxygen atoms in total. The van der Waals surface area contributed by atoms with E-state index in [1.54, 1.807) is 11.0 Å². The van der Waals surface area contributed by atoms with Gasteiger partial charge in [-0.25, -0.2) is 0 Å². The Morgan fingerprint density at radius 1 is 0.895 bits per heavy atom. The zero-order valence-electron chi connectivity index (χ0n) is 12.8. The number of rotatable bonds is 4. The Morgan fingerprint density at radius 3 is 1.89 bits per heavy atom. The fourth-order valence-electron chi connectivity index (χ4n) is 4.30. The van der Waals surface area contributed by atoms with Crippen molar-refractivity contribution in [3.8, 4) is 0 Å². The van der Waals surface area contributed by atoms with E-state index in [2.05, 4.69) is 25.9 Å². The maximum absolute atomic E-state index is 6.38. The third-order valence-electron chi connectivity index (χ3n) is 5.82. The molecule has 3 heteroatoms. The average molecular weight is 304 g/mol. The van der Waals surface area contributed by atoms with Gasteiger partial charge in [0.1, 0.15) is 0 Å². The summed E-state index contributed by atoms with van der Waals surface area (Å²) in [6.07, 6.45) is 12.6. The van der Waals surface area contributed by atoms with Crippen molar-refractivity contribution < 1.29 is 0 Å². The Morgan fingerprint density at radius 2 is 1.42 bits per heavy atom. The van der Waals surface area contributed by atoms with Gasteiger partial charge in [0.15, 0.2) is 0 Å². The second kappa shape index (κ2) is 7.04. The van der Waals surface area contributed by atoms with Crippen LogP contribution < -0.4 is 0 Å². The quantitative estimate of drug-likeness (QED) is 0.690. The molecule has 0 saturated heterocycles. The van der Waals surface area contributed by atoms with Crippen molar-refractivity contribution in [2.45, 2.75) is 75.5 Å². The summed E-state index contributed by atoms with van der Waals surface area (Å²) in [7, 11) is 12.5. The van der Waals surface area contributed by atoms with Crippen LogP contribution in [0, 0.1) is 11.8 Å². The second-order valence-electron chi connectivity index (χ2n) is 7.06. The molecule has 19 heavy (non-hydrogen) atoms. The van der Waals surface area contributed by atoms with E-state index in [-0.39, 0.29) is 0 Å². The third-order valence-corrected chi connectivity index (χ3v) is 7.82. The lowest BCUT2D eigenvalue weighted by atomic mass is 9.69. The monoisotopic (exact) mass is 303 g/mol. The number of hydrogen-bond acceptors (Lipinski definition) is 2. The molecule has 0 amide bonds. The standard InChI is InChI=1S/C16H30ClNS/c1-16(19-17,13-7-5-4-6-8-13)14-9-11-15(12-10-14)18(2)3/h13-15H,4-12H2,1-3H3. The Bertz CT molecular complexity index is 270. The van der Waals surface area contributed by atoms with E-state index in [1.807, 2.05) is 0 Å². The van der Waals surface area contributed by atoms with E-state index >= 15 is 0 Å². The summed E-state index contributed by atoms with van der Waals surface area (Å²) >= 11 is 0. The molecule has 112 valence electrons. The molecule has 2 rings (SSSR count). The van der Waals surface area contributed by atoms with E-state index in [9.17, 15) is 0 Å². The lowest BCUT2D eigenvalue weighted by Gasteiger charge is -2.46. The van der Waals surface area contributed by atoms with Crippen molar-refractivity contribution in [3.05, 3.63) is 0 Å². The van der Waals surface area contributed by atoms with Crippen LogP contribution in [-0.4, -0.2) is 29.8 Å². The molecule has 0 spiro atoms. The van der Waals surface area contributed by atoms with Crippen LogP contribution in [0.25, 0.3) is 0 Å². The summed E-state index contributed by atoms with van der Waals surface area (Å²) < 4.78 is 0.319. The summed E-state index contributed by atoms with van der Waals surface area (Å²) in [4.78, 5) is 2.40. The largest absolute Gasteiger partial charge is 0.306 e. The lowest BCUT2D eigenvalue weighted by Crippen LogP contribution is -2.43. The Hall–Kier alpha value is 0.600. The van der Waals surface area contributed by atoms with Crippen molar-refractivity contribution >= 4 is 21.7 Å². The minimum absolute atomic E-state index is 0.319. The van der Waals surface area contributed by atoms with Gasteiger partial charge in [0.2, 0.25) is 0 Å². The number of hydrogen-bond donors (Lipinski definition) is 0. The fourth-order valence-corrected chi connectivity index (χ4v) is 5.78. The zero-order valence-corrected chi connectivity index (χ0v) is 14.4. The van der Waals surface area contributed by atoms with Crippen LogP contribution in [0.2, 0.25) is 0 Å². The Kier molecular flexibility index (Phi) is 5.92. The van der Waals surface area contributed by atoms with Gasteiger partial charge in [-0.05, 0) is 93.0 Å². The first-order valence-corrected chi connectivity index (χ1v) is 9.68. The minimum Gasteiger partial charge on any atom is -0.306 e. The van der Waals surface area contributed by atoms with Crippen molar-refractivity contribution in [1.29, 1.82) is 0 Å². The molecule has 1 atom stereocenters. The van der Waals surface area contributed by atoms with E-state index in [0.717, 1.165) is 17.9 Å². The second-order valence-corrected chi connectivity index (χ2v) is 8.56. The van der Waals surface area contributed by atoms with E-state index in [0.29, 0.717) is 4.75 Å². The highest BCUT2D eigenvalue weighted by atomic mass is 35.7. The average Bonchev–Trinajstić information content (AvgIpc) is 2.47. The minimum atomic E-state index is 0.319. The maximum Gasteiger partial charge on any atom is 0.0339 e. The van der Waals surface area contributed by atoms with Gasteiger partial charge in [-0.15, -0.1) is 0 Å². The highest BCUT2D eigenvalue weighted by Gasteiger charge is 2.43. The number of nitrogens with zero attached hydrogens (tertiary/aromatic N) is 1. The molecule has 1 unspecified atom stereocenters. The smallest absolute Gasteiger partial charge is 0.0339 e. The van der Waals surface area contributed by atoms with Crippen LogP contribution in [-0.2, 0) is 0 Å². The molecule has 0 bridgehead atoms. The topological polar surface area (TPSA) is 3.24 Å². The van der Waals surface area contributed by atoms with Gasteiger partial charge in [0, 0.05) is 10.8 Å². The zero-order chi connectivity index (χ0) is 13.9. The first kappa shape index (κ1) is 16.0. The van der Waals surface area contributed by atoms with Crippen LogP contribution in [0.5, 0.6) is 0 Å². The number of halogens is 1. The summed E-state index contributed by atoms with van der Waals surface area (Å²) in [6, 6.07) is 0.798. The maximum atomic E-state index is 6.38. The molecule has 0 N–H and O–H groups in total. The predicted molar refractivity (Wildman–Crippen MR) is 87.9 cm³/mol. The summed E-state index contributed by atoms with van der Waals surface area (Å²) in [5, 5.41) is 0. The summed E-state index contributed by atoms with van der Waals surface area (Å²) in [5.41, 5.74) is 0. The molecular weight excluding hydrogens is 274 g/mol. The van der Waals surface area contributed by atoms with Gasteiger partial charge < -0.3 is 4.90 Å². The molecule has 0 aromatic heterocycles. The summed E-state index contributed by atoms with van der Waals surface area (Å²) in [5.74, 6) is 1.68. The van der Waals surface area contributed by atoms with Crippen LogP contribution >= 0.6 is 21.7 Å². The predicted octanol–water partition coefficient (Wildman–Crippen LogP) is 5.33. The fraction of sp³-hybridized carbons (Fsp3) is 1.00. The molecule has 0 heterocycles. The van der Waals surface area contributed by atoms with Crippen LogP contribution in [0.4, 0.5) is 0 Å². The normalized spacial score (nSPS) is 33.3. The molecule has 0 aromatic rings. The van der Waals surface area contributed by atoms with E-state index in [1.165, 1.54) is 57.8 Å². The molecule has 0 radical (unpaired) electrons. The third kappa shape index (κ3) is 3.63. The van der Waals surface area contributed by atoms with Crippen molar-refractivity contribution in [1.82, 2.24) is 4.90 Å². The van der Waals surface area contributed by atoms with Gasteiger partial charge in [0.05, 0.1) is 0 Å². The van der Waals surface area contributed by atoms with Crippen molar-refractivity contribution in [2.75, 3.05) is 14.1 Å². The molecule has 0 aromatic carbocycles. The van der Waals surface area contributed by atoms with Crippen molar-refractivity contribution in [2.24, 2.45) is 11.8 Å². The highest BCUT2D eigenvalue weighted by Crippen LogP contribution is 2.51. The van der Waals surface area contributed by atoms with Crippen LogP contribution in [0.15, 0.2) is 0 Å². The molecule has 2 aliphatic rings. The Balaban J connectivity index is 1.97. The van der Waals surface area contributed by atoms with Crippen LogP contribution in [0.1, 0.15) is 64.7 Å². The Labute approximate surface area is 128 Å². The van der Waals surface area contributed by atoms with Gasteiger partial charge in [-0.3, -0.25) is 0 Å². The van der Waals surface area contributed by atoms with E-state index < -0.39 is 0 Å². The lowest BCUT2D eigenvalue weighted by molar-refractivity contribution is 0.140. The molecule has 2 aliphatic carbocycles. The highest BCUT2D eigenvalue weighted by molar-refractivity contribution is 8.22. The molecule has 2 saturated carbocycles. The van der Waals surface area contributed by atoms with Gasteiger partial charge >= 0.3 is 0 Å². The van der Waals surface area contributed by atoms with E-state index in [4.69, 9.17) is 10.7 Å².